The first-order chi connectivity index (χ1) is 5.00. The fraction of sp³-hybridized carbons (Fsp3) is 1.00. The van der Waals surface area contributed by atoms with Gasteiger partial charge >= 0.3 is 0 Å². The van der Waals surface area contributed by atoms with E-state index in [1.54, 1.807) is 0 Å². The van der Waals surface area contributed by atoms with Crippen LogP contribution in [0.2, 0.25) is 0 Å². The van der Waals surface area contributed by atoms with Crippen molar-refractivity contribution in [2.45, 2.75) is 39.5 Å². The van der Waals surface area contributed by atoms with Gasteiger partial charge in [0, 0.05) is 6.04 Å². The van der Waals surface area contributed by atoms with E-state index in [4.69, 9.17) is 5.73 Å². The maximum atomic E-state index is 5.70. The summed E-state index contributed by atoms with van der Waals surface area (Å²) in [6, 6.07) is 0.541. The Morgan fingerprint density at radius 3 is 2.36 bits per heavy atom. The topological polar surface area (TPSA) is 50.1 Å². The van der Waals surface area contributed by atoms with Gasteiger partial charge in [-0.3, -0.25) is 10.6 Å². The van der Waals surface area contributed by atoms with Gasteiger partial charge < -0.3 is 5.73 Å². The van der Waals surface area contributed by atoms with Gasteiger partial charge in [0.15, 0.2) is 0 Å². The highest BCUT2D eigenvalue weighted by molar-refractivity contribution is 4.85. The summed E-state index contributed by atoms with van der Waals surface area (Å²) in [4.78, 5) is 0. The molecule has 1 aliphatic heterocycles. The SMILES string of the molecule is CC(C)(C)C1CCNC(N)N1. The normalized spacial score (nSPS) is 33.8. The van der Waals surface area contributed by atoms with Crippen molar-refractivity contribution in [1.29, 1.82) is 0 Å². The summed E-state index contributed by atoms with van der Waals surface area (Å²) < 4.78 is 0. The third kappa shape index (κ3) is 2.43. The Balaban J connectivity index is 2.46. The van der Waals surface area contributed by atoms with Crippen molar-refractivity contribution in [3.63, 3.8) is 0 Å². The van der Waals surface area contributed by atoms with Crippen molar-refractivity contribution in [2.24, 2.45) is 11.1 Å². The first kappa shape index (κ1) is 8.97. The zero-order valence-corrected chi connectivity index (χ0v) is 7.65. The summed E-state index contributed by atoms with van der Waals surface area (Å²) >= 11 is 0. The van der Waals surface area contributed by atoms with Gasteiger partial charge in [0.1, 0.15) is 6.29 Å². The van der Waals surface area contributed by atoms with Crippen LogP contribution in [0.4, 0.5) is 0 Å². The lowest BCUT2D eigenvalue weighted by molar-refractivity contribution is 0.187. The van der Waals surface area contributed by atoms with E-state index in [9.17, 15) is 0 Å². The Hall–Kier alpha value is -0.120. The van der Waals surface area contributed by atoms with E-state index in [0.29, 0.717) is 11.5 Å². The molecule has 66 valence electrons. The third-order valence-corrected chi connectivity index (χ3v) is 2.22. The van der Waals surface area contributed by atoms with Crippen molar-refractivity contribution in [1.82, 2.24) is 10.6 Å². The number of nitrogens with one attached hydrogen (secondary N) is 2. The second-order valence-corrected chi connectivity index (χ2v) is 4.31. The van der Waals surface area contributed by atoms with Gasteiger partial charge in [-0.2, -0.15) is 0 Å². The summed E-state index contributed by atoms with van der Waals surface area (Å²) in [5.41, 5.74) is 6.02. The Morgan fingerprint density at radius 2 is 2.00 bits per heavy atom. The lowest BCUT2D eigenvalue weighted by Crippen LogP contribution is -2.61. The minimum absolute atomic E-state index is 0.0204. The smallest absolute Gasteiger partial charge is 0.109 e. The van der Waals surface area contributed by atoms with Gasteiger partial charge in [-0.25, -0.2) is 0 Å². The Kier molecular flexibility index (Phi) is 2.52. The molecule has 0 bridgehead atoms. The highest BCUT2D eigenvalue weighted by Crippen LogP contribution is 2.22. The standard InChI is InChI=1S/C8H19N3/c1-8(2,3)6-4-5-10-7(9)11-6/h6-7,10-11H,4-5,9H2,1-3H3. The summed E-state index contributed by atoms with van der Waals surface area (Å²) in [5.74, 6) is 0. The van der Waals surface area contributed by atoms with Crippen LogP contribution in [0.5, 0.6) is 0 Å². The largest absolute Gasteiger partial charge is 0.304 e. The van der Waals surface area contributed by atoms with Crippen LogP contribution in [-0.2, 0) is 0 Å². The van der Waals surface area contributed by atoms with Crippen LogP contribution < -0.4 is 16.4 Å². The molecular weight excluding hydrogens is 138 g/mol. The van der Waals surface area contributed by atoms with Crippen LogP contribution >= 0.6 is 0 Å². The predicted octanol–water partition coefficient (Wildman–Crippen LogP) is 0.226. The fourth-order valence-corrected chi connectivity index (χ4v) is 1.43. The van der Waals surface area contributed by atoms with Crippen LogP contribution in [0.25, 0.3) is 0 Å². The molecular formula is C8H19N3. The van der Waals surface area contributed by atoms with Crippen LogP contribution in [0.3, 0.4) is 0 Å². The molecule has 0 aromatic carbocycles. The molecule has 11 heavy (non-hydrogen) atoms. The molecule has 1 saturated heterocycles. The van der Waals surface area contributed by atoms with Gasteiger partial charge in [0.25, 0.3) is 0 Å². The van der Waals surface area contributed by atoms with Crippen molar-refractivity contribution < 1.29 is 0 Å². The molecule has 0 aliphatic carbocycles. The highest BCUT2D eigenvalue weighted by atomic mass is 15.3. The zero-order chi connectivity index (χ0) is 8.48. The number of hydrogen-bond donors (Lipinski definition) is 3. The molecule has 4 N–H and O–H groups in total. The summed E-state index contributed by atoms with van der Waals surface area (Å²) in [5, 5.41) is 6.47. The average molecular weight is 157 g/mol. The van der Waals surface area contributed by atoms with E-state index in [2.05, 4.69) is 31.4 Å². The molecule has 1 rings (SSSR count). The van der Waals surface area contributed by atoms with Crippen molar-refractivity contribution in [2.75, 3.05) is 6.54 Å². The van der Waals surface area contributed by atoms with Gasteiger partial charge in [-0.1, -0.05) is 20.8 Å². The van der Waals surface area contributed by atoms with E-state index < -0.39 is 0 Å². The minimum atomic E-state index is -0.0204. The fourth-order valence-electron chi connectivity index (χ4n) is 1.43. The quantitative estimate of drug-likeness (QED) is 0.471. The molecule has 3 heteroatoms. The van der Waals surface area contributed by atoms with Gasteiger partial charge in [-0.05, 0) is 18.4 Å². The molecule has 0 spiro atoms. The first-order valence-electron chi connectivity index (χ1n) is 4.25. The van der Waals surface area contributed by atoms with Crippen LogP contribution in [-0.4, -0.2) is 18.9 Å². The van der Waals surface area contributed by atoms with Gasteiger partial charge in [-0.15, -0.1) is 0 Å². The van der Waals surface area contributed by atoms with E-state index in [1.165, 1.54) is 0 Å². The molecule has 0 aromatic rings. The second-order valence-electron chi connectivity index (χ2n) is 4.31. The molecule has 3 nitrogen and oxygen atoms in total. The molecule has 0 saturated carbocycles. The van der Waals surface area contributed by atoms with Crippen molar-refractivity contribution in [3.05, 3.63) is 0 Å². The van der Waals surface area contributed by atoms with E-state index in [1.807, 2.05) is 0 Å². The van der Waals surface area contributed by atoms with Gasteiger partial charge in [0.05, 0.1) is 0 Å². The third-order valence-electron chi connectivity index (χ3n) is 2.22. The number of rotatable bonds is 0. The lowest BCUT2D eigenvalue weighted by atomic mass is 9.84. The molecule has 2 atom stereocenters. The number of hydrogen-bond acceptors (Lipinski definition) is 3. The van der Waals surface area contributed by atoms with Crippen LogP contribution in [0.15, 0.2) is 0 Å². The van der Waals surface area contributed by atoms with E-state index in [0.717, 1.165) is 13.0 Å². The predicted molar refractivity (Wildman–Crippen MR) is 47.0 cm³/mol. The molecule has 2 unspecified atom stereocenters. The lowest BCUT2D eigenvalue weighted by Gasteiger charge is -2.38. The Labute approximate surface area is 68.7 Å². The monoisotopic (exact) mass is 157 g/mol. The average Bonchev–Trinajstić information content (AvgIpc) is 1.86. The molecule has 0 aromatic heterocycles. The molecule has 0 amide bonds. The van der Waals surface area contributed by atoms with Gasteiger partial charge in [0.2, 0.25) is 0 Å². The van der Waals surface area contributed by atoms with Crippen molar-refractivity contribution in [3.8, 4) is 0 Å². The van der Waals surface area contributed by atoms with E-state index >= 15 is 0 Å². The summed E-state index contributed by atoms with van der Waals surface area (Å²) in [7, 11) is 0. The molecule has 1 heterocycles. The second kappa shape index (κ2) is 3.09. The van der Waals surface area contributed by atoms with Crippen LogP contribution in [0.1, 0.15) is 27.2 Å². The summed E-state index contributed by atoms with van der Waals surface area (Å²) in [6.45, 7) is 7.74. The zero-order valence-electron chi connectivity index (χ0n) is 7.65. The van der Waals surface area contributed by atoms with E-state index in [-0.39, 0.29) is 6.29 Å². The maximum Gasteiger partial charge on any atom is 0.109 e. The van der Waals surface area contributed by atoms with Crippen LogP contribution in [0, 0.1) is 5.41 Å². The van der Waals surface area contributed by atoms with Crippen molar-refractivity contribution >= 4 is 0 Å². The maximum absolute atomic E-state index is 5.70. The first-order valence-corrected chi connectivity index (χ1v) is 4.25. The molecule has 0 radical (unpaired) electrons. The summed E-state index contributed by atoms with van der Waals surface area (Å²) in [6.07, 6.45) is 1.14. The molecule has 1 fully saturated rings. The Bertz CT molecular complexity index is 128. The Morgan fingerprint density at radius 1 is 1.36 bits per heavy atom. The minimum Gasteiger partial charge on any atom is -0.304 e. The highest BCUT2D eigenvalue weighted by Gasteiger charge is 2.27. The number of nitrogens with two attached hydrogens (primary N) is 1. The molecule has 1 aliphatic rings.